The quantitative estimate of drug-likeness (QED) is 0.270. The van der Waals surface area contributed by atoms with Crippen molar-refractivity contribution in [2.24, 2.45) is 5.92 Å². The highest BCUT2D eigenvalue weighted by atomic mass is 32.1. The van der Waals surface area contributed by atoms with Crippen molar-refractivity contribution in [2.45, 2.75) is 46.3 Å². The van der Waals surface area contributed by atoms with E-state index in [4.69, 9.17) is 9.47 Å². The van der Waals surface area contributed by atoms with Gasteiger partial charge >= 0.3 is 5.97 Å². The molecule has 0 aliphatic carbocycles. The molecule has 1 aromatic heterocycles. The summed E-state index contributed by atoms with van der Waals surface area (Å²) in [5, 5.41) is 10.0. The molecule has 0 saturated heterocycles. The van der Waals surface area contributed by atoms with Crippen LogP contribution in [0.2, 0.25) is 0 Å². The molecule has 1 unspecified atom stereocenters. The van der Waals surface area contributed by atoms with Gasteiger partial charge in [0.15, 0.2) is 6.29 Å². The van der Waals surface area contributed by atoms with E-state index in [9.17, 15) is 9.90 Å². The van der Waals surface area contributed by atoms with Crippen LogP contribution in [0.5, 0.6) is 0 Å². The van der Waals surface area contributed by atoms with E-state index in [2.05, 4.69) is 6.92 Å². The van der Waals surface area contributed by atoms with Crippen LogP contribution in [0.1, 0.15) is 64.7 Å². The molecule has 1 N–H and O–H groups in total. The number of aliphatic hydroxyl groups is 1. The smallest absolute Gasteiger partial charge is 0.338 e. The van der Waals surface area contributed by atoms with E-state index in [1.165, 1.54) is 24.5 Å². The van der Waals surface area contributed by atoms with Crippen LogP contribution in [0.15, 0.2) is 48.5 Å². The number of hydrogen-bond acceptors (Lipinski definition) is 5. The number of aliphatic hydroxyl groups excluding tert-OH is 1. The monoisotopic (exact) mass is 470 g/mol. The summed E-state index contributed by atoms with van der Waals surface area (Å²) in [7, 11) is 1.46. The van der Waals surface area contributed by atoms with Crippen LogP contribution in [0.3, 0.4) is 0 Å². The van der Waals surface area contributed by atoms with E-state index >= 15 is 4.39 Å². The second-order valence-corrected chi connectivity index (χ2v) is 9.62. The fraction of sp³-hybridized carbons (Fsp3) is 0.370. The van der Waals surface area contributed by atoms with E-state index in [0.29, 0.717) is 35.3 Å². The first-order valence-corrected chi connectivity index (χ1v) is 12.0. The largest absolute Gasteiger partial charge is 0.462 e. The molecule has 0 bridgehead atoms. The van der Waals surface area contributed by atoms with E-state index in [1.807, 2.05) is 32.0 Å². The molecule has 0 aliphatic heterocycles. The van der Waals surface area contributed by atoms with Crippen molar-refractivity contribution in [3.63, 3.8) is 0 Å². The molecule has 0 saturated carbocycles. The fourth-order valence-corrected chi connectivity index (χ4v) is 4.82. The average Bonchev–Trinajstić information content (AvgIpc) is 3.20. The summed E-state index contributed by atoms with van der Waals surface area (Å²) in [6, 6.07) is 14.1. The Morgan fingerprint density at radius 1 is 1.12 bits per heavy atom. The molecule has 0 spiro atoms. The molecule has 0 radical (unpaired) electrons. The van der Waals surface area contributed by atoms with Crippen molar-refractivity contribution in [3.8, 4) is 11.1 Å². The van der Waals surface area contributed by atoms with Crippen LogP contribution in [0.25, 0.3) is 11.1 Å². The van der Waals surface area contributed by atoms with Crippen molar-refractivity contribution < 1.29 is 23.8 Å². The average molecular weight is 471 g/mol. The summed E-state index contributed by atoms with van der Waals surface area (Å²) >= 11 is 1.45. The lowest BCUT2D eigenvalue weighted by atomic mass is 9.97. The summed E-state index contributed by atoms with van der Waals surface area (Å²) in [5.74, 6) is -0.503. The SMILES string of the molecule is CCCc1cc(C(O)OC)sc1Cc1ccc(-c2ccccc2C(=O)OCC(C)C)cc1F. The molecule has 33 heavy (non-hydrogen) atoms. The Labute approximate surface area is 199 Å². The van der Waals surface area contributed by atoms with Crippen LogP contribution in [0.4, 0.5) is 4.39 Å². The standard InChI is InChI=1S/C27H31FO4S/c1-5-8-20-15-25(27(30)31-4)33-24(20)14-19-12-11-18(13-23(19)28)21-9-6-7-10-22(21)26(29)32-16-17(2)3/h6-7,9-13,15,17,27,30H,5,8,14,16H2,1-4H3. The highest BCUT2D eigenvalue weighted by molar-refractivity contribution is 7.12. The number of esters is 1. The maximum absolute atomic E-state index is 15.2. The number of ether oxygens (including phenoxy) is 2. The summed E-state index contributed by atoms with van der Waals surface area (Å²) in [6.07, 6.45) is 1.27. The first kappa shape index (κ1) is 25.1. The third-order valence-corrected chi connectivity index (χ3v) is 6.52. The Hall–Kier alpha value is -2.54. The van der Waals surface area contributed by atoms with Gasteiger partial charge in [-0.25, -0.2) is 9.18 Å². The summed E-state index contributed by atoms with van der Waals surface area (Å²) in [6.45, 7) is 6.38. The normalized spacial score (nSPS) is 12.2. The number of thiophene rings is 1. The summed E-state index contributed by atoms with van der Waals surface area (Å²) < 4.78 is 25.6. The second kappa shape index (κ2) is 11.5. The molecule has 3 aromatic rings. The number of carbonyl (C=O) groups excluding carboxylic acids is 1. The lowest BCUT2D eigenvalue weighted by Crippen LogP contribution is -2.11. The van der Waals surface area contributed by atoms with Crippen LogP contribution >= 0.6 is 11.3 Å². The molecular weight excluding hydrogens is 439 g/mol. The van der Waals surface area contributed by atoms with Gasteiger partial charge in [-0.15, -0.1) is 11.3 Å². The summed E-state index contributed by atoms with van der Waals surface area (Å²) in [4.78, 5) is 14.3. The number of rotatable bonds is 10. The van der Waals surface area contributed by atoms with Gasteiger partial charge in [0.25, 0.3) is 0 Å². The zero-order chi connectivity index (χ0) is 24.0. The molecular formula is C27H31FO4S. The van der Waals surface area contributed by atoms with Gasteiger partial charge in [-0.1, -0.05) is 57.5 Å². The second-order valence-electron chi connectivity index (χ2n) is 8.46. The number of benzene rings is 2. The number of carbonyl (C=O) groups is 1. The van der Waals surface area contributed by atoms with Gasteiger partial charge in [0.2, 0.25) is 0 Å². The fourth-order valence-electron chi connectivity index (χ4n) is 3.62. The van der Waals surface area contributed by atoms with Gasteiger partial charge in [-0.2, -0.15) is 0 Å². The van der Waals surface area contributed by atoms with Crippen molar-refractivity contribution >= 4 is 17.3 Å². The highest BCUT2D eigenvalue weighted by Gasteiger charge is 2.18. The molecule has 0 fully saturated rings. The van der Waals surface area contributed by atoms with Crippen molar-refractivity contribution in [1.29, 1.82) is 0 Å². The van der Waals surface area contributed by atoms with Gasteiger partial charge < -0.3 is 14.6 Å². The van der Waals surface area contributed by atoms with Crippen LogP contribution in [-0.4, -0.2) is 24.8 Å². The Bertz CT molecular complexity index is 1090. The molecule has 176 valence electrons. The van der Waals surface area contributed by atoms with Crippen LogP contribution in [-0.2, 0) is 22.3 Å². The third kappa shape index (κ3) is 6.28. The topological polar surface area (TPSA) is 55.8 Å². The lowest BCUT2D eigenvalue weighted by Gasteiger charge is -2.12. The molecule has 0 aliphatic rings. The van der Waals surface area contributed by atoms with Gasteiger partial charge in [0.05, 0.1) is 17.0 Å². The van der Waals surface area contributed by atoms with Crippen LogP contribution in [0, 0.1) is 11.7 Å². The van der Waals surface area contributed by atoms with Crippen molar-refractivity contribution in [1.82, 2.24) is 0 Å². The van der Waals surface area contributed by atoms with E-state index < -0.39 is 12.3 Å². The minimum absolute atomic E-state index is 0.234. The summed E-state index contributed by atoms with van der Waals surface area (Å²) in [5.41, 5.74) is 3.37. The highest BCUT2D eigenvalue weighted by Crippen LogP contribution is 2.32. The van der Waals surface area contributed by atoms with Gasteiger partial charge in [-0.3, -0.25) is 0 Å². The molecule has 1 atom stereocenters. The van der Waals surface area contributed by atoms with E-state index in [0.717, 1.165) is 28.2 Å². The molecule has 1 heterocycles. The molecule has 0 amide bonds. The lowest BCUT2D eigenvalue weighted by molar-refractivity contribution is -0.0743. The number of aryl methyl sites for hydroxylation is 1. The van der Waals surface area contributed by atoms with E-state index in [-0.39, 0.29) is 11.7 Å². The Morgan fingerprint density at radius 3 is 2.55 bits per heavy atom. The number of methoxy groups -OCH3 is 1. The number of hydrogen-bond donors (Lipinski definition) is 1. The van der Waals surface area contributed by atoms with Crippen molar-refractivity contribution in [3.05, 3.63) is 80.8 Å². The molecule has 2 aromatic carbocycles. The van der Waals surface area contributed by atoms with Crippen molar-refractivity contribution in [2.75, 3.05) is 13.7 Å². The minimum atomic E-state index is -0.974. The first-order valence-electron chi connectivity index (χ1n) is 11.2. The van der Waals surface area contributed by atoms with Gasteiger partial charge in [0, 0.05) is 18.4 Å². The van der Waals surface area contributed by atoms with Crippen LogP contribution < -0.4 is 0 Å². The maximum atomic E-state index is 15.2. The van der Waals surface area contributed by atoms with Gasteiger partial charge in [-0.05, 0) is 52.8 Å². The third-order valence-electron chi connectivity index (χ3n) is 5.31. The zero-order valence-corrected chi connectivity index (χ0v) is 20.4. The minimum Gasteiger partial charge on any atom is -0.462 e. The number of halogens is 1. The predicted octanol–water partition coefficient (Wildman–Crippen LogP) is 6.55. The molecule has 4 nitrogen and oxygen atoms in total. The zero-order valence-electron chi connectivity index (χ0n) is 19.6. The Balaban J connectivity index is 1.88. The maximum Gasteiger partial charge on any atom is 0.338 e. The molecule has 3 rings (SSSR count). The predicted molar refractivity (Wildman–Crippen MR) is 130 cm³/mol. The Kier molecular flexibility index (Phi) is 8.78. The van der Waals surface area contributed by atoms with Gasteiger partial charge in [0.1, 0.15) is 5.82 Å². The Morgan fingerprint density at radius 2 is 1.88 bits per heavy atom. The first-order chi connectivity index (χ1) is 15.8. The molecule has 6 heteroatoms. The van der Waals surface area contributed by atoms with E-state index in [1.54, 1.807) is 24.3 Å².